The van der Waals surface area contributed by atoms with Crippen LogP contribution >= 0.6 is 0 Å². The van der Waals surface area contributed by atoms with Crippen LogP contribution in [0, 0.1) is 17.8 Å². The van der Waals surface area contributed by atoms with Crippen molar-refractivity contribution in [1.29, 1.82) is 0 Å². The Hall–Kier alpha value is -1.05. The summed E-state index contributed by atoms with van der Waals surface area (Å²) in [7, 11) is 5.31. The van der Waals surface area contributed by atoms with E-state index in [9.17, 15) is 30.3 Å². The predicted molar refractivity (Wildman–Crippen MR) is 212 cm³/mol. The number of ether oxygens (including phenoxy) is 6. The first-order valence-corrected chi connectivity index (χ1v) is 20.9. The fourth-order valence-corrected chi connectivity index (χ4v) is 9.21. The number of rotatable bonds is 13. The summed E-state index contributed by atoms with van der Waals surface area (Å²) in [5, 5.41) is 65.4. The van der Waals surface area contributed by atoms with Gasteiger partial charge in [-0.3, -0.25) is 4.79 Å². The van der Waals surface area contributed by atoms with Crippen LogP contribution in [0.15, 0.2) is 0 Å². The third kappa shape index (κ3) is 11.0. The molecular weight excluding hydrogens is 726 g/mol. The van der Waals surface area contributed by atoms with Crippen molar-refractivity contribution >= 4 is 5.97 Å². The molecule has 0 aromatic carbocycles. The molecule has 15 nitrogen and oxygen atoms in total. The van der Waals surface area contributed by atoms with Gasteiger partial charge in [0.25, 0.3) is 0 Å². The molecule has 0 aromatic rings. The highest BCUT2D eigenvalue weighted by Gasteiger charge is 2.58. The van der Waals surface area contributed by atoms with E-state index in [0.29, 0.717) is 19.5 Å². The molecule has 0 radical (unpaired) electrons. The van der Waals surface area contributed by atoms with Crippen LogP contribution < -0.4 is 10.6 Å². The highest BCUT2D eigenvalue weighted by atomic mass is 16.7. The summed E-state index contributed by atoms with van der Waals surface area (Å²) in [6.07, 6.45) is -6.62. The second-order valence-electron chi connectivity index (χ2n) is 18.2. The molecule has 3 aliphatic rings. The fraction of sp³-hybridized carbons (Fsp3) is 0.976. The van der Waals surface area contributed by atoms with Crippen LogP contribution in [0.25, 0.3) is 0 Å². The summed E-state index contributed by atoms with van der Waals surface area (Å²) < 4.78 is 38.4. The van der Waals surface area contributed by atoms with Gasteiger partial charge in [0, 0.05) is 38.1 Å². The van der Waals surface area contributed by atoms with E-state index in [0.717, 1.165) is 6.42 Å². The molecule has 1 unspecified atom stereocenters. The van der Waals surface area contributed by atoms with Crippen LogP contribution in [-0.4, -0.2) is 167 Å². The van der Waals surface area contributed by atoms with E-state index in [1.165, 1.54) is 14.0 Å². The highest BCUT2D eigenvalue weighted by molar-refractivity contribution is 5.73. The molecule has 3 aliphatic heterocycles. The second-order valence-corrected chi connectivity index (χ2v) is 18.2. The average Bonchev–Trinajstić information content (AvgIpc) is 3.12. The summed E-state index contributed by atoms with van der Waals surface area (Å²) >= 11 is 0. The number of aliphatic hydroxyl groups is 5. The maximum atomic E-state index is 14.5. The topological polar surface area (TPSA) is 201 Å². The van der Waals surface area contributed by atoms with Crippen molar-refractivity contribution in [2.24, 2.45) is 17.8 Å². The lowest BCUT2D eigenvalue weighted by Gasteiger charge is -2.53. The number of esters is 1. The van der Waals surface area contributed by atoms with Gasteiger partial charge in [-0.05, 0) is 107 Å². The van der Waals surface area contributed by atoms with Crippen molar-refractivity contribution in [3.8, 4) is 0 Å². The van der Waals surface area contributed by atoms with Crippen molar-refractivity contribution < 1.29 is 58.7 Å². The van der Waals surface area contributed by atoms with E-state index in [-0.39, 0.29) is 43.9 Å². The second kappa shape index (κ2) is 20.0. The van der Waals surface area contributed by atoms with Crippen LogP contribution in [0.3, 0.4) is 0 Å². The summed E-state index contributed by atoms with van der Waals surface area (Å²) in [6.45, 7) is 20.9. The van der Waals surface area contributed by atoms with Gasteiger partial charge in [0.1, 0.15) is 29.0 Å². The van der Waals surface area contributed by atoms with E-state index < -0.39 is 95.5 Å². The number of carbonyl (C=O) groups excluding carboxylic acids is 1. The molecular formula is C41H79N3O12. The maximum absolute atomic E-state index is 14.5. The Labute approximate surface area is 336 Å². The first-order chi connectivity index (χ1) is 25.9. The zero-order valence-corrected chi connectivity index (χ0v) is 36.8. The third-order valence-corrected chi connectivity index (χ3v) is 13.0. The van der Waals surface area contributed by atoms with E-state index >= 15 is 0 Å². The van der Waals surface area contributed by atoms with E-state index in [1.54, 1.807) is 34.6 Å². The molecule has 0 amide bonds. The van der Waals surface area contributed by atoms with E-state index in [1.807, 2.05) is 53.6 Å². The highest BCUT2D eigenvalue weighted by Crippen LogP contribution is 2.43. The Balaban J connectivity index is 2.16. The molecule has 0 aliphatic carbocycles. The van der Waals surface area contributed by atoms with Gasteiger partial charge >= 0.3 is 5.97 Å². The zero-order chi connectivity index (χ0) is 42.6. The Bertz CT molecular complexity index is 1230. The molecule has 0 saturated carbocycles. The lowest BCUT2D eigenvalue weighted by atomic mass is 9.75. The SMILES string of the molecule is CCCNC[C@]1(O)[C@H](C)O[C@@H](O[C@H]2[C@H](C)[C@@H](O[C@@H]3O[C@H](C)C[C@H](N(C)C)[C@H]3O)[C@@](C)(O)C[C@@H](C)CN[C@H](C)C([C@](C)(O)[C@H](O)CC)OC(=O)[C@@H]2C)C[C@@]1(C)OC. The molecule has 0 aromatic heterocycles. The molecule has 3 heterocycles. The average molecular weight is 806 g/mol. The summed E-state index contributed by atoms with van der Waals surface area (Å²) in [5.41, 5.74) is -5.93. The smallest absolute Gasteiger partial charge is 0.311 e. The number of aliphatic hydroxyl groups excluding tert-OH is 2. The number of likely N-dealkylation sites (N-methyl/N-ethyl adjacent to an activating group) is 1. The largest absolute Gasteiger partial charge is 0.457 e. The summed E-state index contributed by atoms with van der Waals surface area (Å²) in [4.78, 5) is 16.4. The van der Waals surface area contributed by atoms with Crippen molar-refractivity contribution in [2.45, 2.75) is 198 Å². The minimum Gasteiger partial charge on any atom is -0.457 e. The van der Waals surface area contributed by atoms with Crippen LogP contribution in [0.4, 0.5) is 0 Å². The van der Waals surface area contributed by atoms with Gasteiger partial charge in [-0.2, -0.15) is 0 Å². The van der Waals surface area contributed by atoms with Crippen molar-refractivity contribution in [3.63, 3.8) is 0 Å². The van der Waals surface area contributed by atoms with Crippen LogP contribution in [0.5, 0.6) is 0 Å². The van der Waals surface area contributed by atoms with Crippen molar-refractivity contribution in [3.05, 3.63) is 0 Å². The monoisotopic (exact) mass is 806 g/mol. The summed E-state index contributed by atoms with van der Waals surface area (Å²) in [5.74, 6) is -2.67. The van der Waals surface area contributed by atoms with Crippen molar-refractivity contribution in [1.82, 2.24) is 15.5 Å². The van der Waals surface area contributed by atoms with E-state index in [4.69, 9.17) is 28.4 Å². The van der Waals surface area contributed by atoms with Crippen LogP contribution in [0.2, 0.25) is 0 Å². The summed E-state index contributed by atoms with van der Waals surface area (Å²) in [6, 6.07) is -0.875. The lowest BCUT2D eigenvalue weighted by Crippen LogP contribution is -2.70. The number of nitrogens with one attached hydrogen (secondary N) is 2. The Morgan fingerprint density at radius 3 is 2.27 bits per heavy atom. The number of carbonyl (C=O) groups is 1. The number of methoxy groups -OCH3 is 1. The van der Waals surface area contributed by atoms with Gasteiger partial charge in [0.05, 0.1) is 42.0 Å². The van der Waals surface area contributed by atoms with Crippen LogP contribution in [0.1, 0.15) is 108 Å². The lowest BCUT2D eigenvalue weighted by molar-refractivity contribution is -0.336. The number of nitrogens with zero attached hydrogens (tertiary/aromatic N) is 1. The Morgan fingerprint density at radius 1 is 1.05 bits per heavy atom. The molecule has 15 heteroatoms. The van der Waals surface area contributed by atoms with Gasteiger partial charge < -0.3 is 69.5 Å². The Morgan fingerprint density at radius 2 is 1.70 bits per heavy atom. The van der Waals surface area contributed by atoms with Gasteiger partial charge in [0.2, 0.25) is 0 Å². The molecule has 7 N–H and O–H groups in total. The number of hydrogen-bond donors (Lipinski definition) is 7. The molecule has 56 heavy (non-hydrogen) atoms. The molecule has 3 saturated heterocycles. The molecule has 330 valence electrons. The van der Waals surface area contributed by atoms with E-state index in [2.05, 4.69) is 10.6 Å². The molecule has 3 rings (SSSR count). The number of hydrogen-bond acceptors (Lipinski definition) is 15. The first-order valence-electron chi connectivity index (χ1n) is 20.9. The van der Waals surface area contributed by atoms with Gasteiger partial charge in [-0.1, -0.05) is 27.7 Å². The standard InChI is InChI=1S/C41H79N3O12/c1-15-17-42-22-41(50)28(8)53-31(20-39(41,10)51-14)54-33-25(5)34(56-37-32(46)29(44(12)13)18-24(4)52-37)38(9,48)19-23(3)21-43-27(7)35(55-36(47)26(33)6)40(11,49)30(45)16-2/h23-35,37,42-43,45-46,48-50H,15-22H2,1-14H3/t23-,24-,25+,26-,27-,28+,29+,30-,31+,32-,33+,34-,35?,37+,38+,39-,40-,41+/m1/s1. The van der Waals surface area contributed by atoms with Crippen molar-refractivity contribution in [2.75, 3.05) is 40.8 Å². The molecule has 3 fully saturated rings. The van der Waals surface area contributed by atoms with Crippen LogP contribution in [-0.2, 0) is 33.2 Å². The first kappa shape index (κ1) is 49.3. The predicted octanol–water partition coefficient (Wildman–Crippen LogP) is 1.93. The minimum absolute atomic E-state index is 0.0928. The maximum Gasteiger partial charge on any atom is 0.311 e. The fourth-order valence-electron chi connectivity index (χ4n) is 9.21. The van der Waals surface area contributed by atoms with Gasteiger partial charge in [-0.25, -0.2) is 0 Å². The zero-order valence-electron chi connectivity index (χ0n) is 36.8. The van der Waals surface area contributed by atoms with Gasteiger partial charge in [0.15, 0.2) is 12.6 Å². The van der Waals surface area contributed by atoms with Gasteiger partial charge in [-0.15, -0.1) is 0 Å². The normalized spacial score (nSPS) is 45.2. The third-order valence-electron chi connectivity index (χ3n) is 13.0. The quantitative estimate of drug-likeness (QED) is 0.105. The Kier molecular flexibility index (Phi) is 17.6. The molecule has 0 bridgehead atoms. The minimum atomic E-state index is -1.81. The number of cyclic esters (lactones) is 1. The molecule has 0 spiro atoms. The molecule has 18 atom stereocenters.